The molecule has 0 atom stereocenters. The van der Waals surface area contributed by atoms with Gasteiger partial charge in [0.2, 0.25) is 0 Å². The van der Waals surface area contributed by atoms with Crippen molar-refractivity contribution >= 4 is 12.4 Å². The normalized spacial score (nSPS) is 16.5. The molecule has 0 fully saturated rings. The van der Waals surface area contributed by atoms with Crippen molar-refractivity contribution in [2.45, 2.75) is 13.3 Å². The quantitative estimate of drug-likeness (QED) is 0.480. The van der Waals surface area contributed by atoms with Crippen molar-refractivity contribution in [2.75, 3.05) is 0 Å². The largest absolute Gasteiger partial charge is 0.147 e. The van der Waals surface area contributed by atoms with E-state index in [1.54, 1.807) is 0 Å². The van der Waals surface area contributed by atoms with E-state index < -0.39 is 0 Å². The maximum Gasteiger partial charge on any atom is -0.147 e. The monoisotopic (exact) mass is 163 g/mol. The van der Waals surface area contributed by atoms with Gasteiger partial charge in [0.05, 0.1) is 0 Å². The van der Waals surface area contributed by atoms with Crippen LogP contribution in [0.2, 0.25) is 0 Å². The van der Waals surface area contributed by atoms with Crippen molar-refractivity contribution in [1.29, 1.82) is 0 Å². The second kappa shape index (κ2) is 3.50. The summed E-state index contributed by atoms with van der Waals surface area (Å²) in [5.74, 6) is 0. The topological polar surface area (TPSA) is 0 Å². The van der Waals surface area contributed by atoms with Gasteiger partial charge in [-0.25, -0.2) is 0 Å². The third-order valence-corrected chi connectivity index (χ3v) is 1.59. The first-order chi connectivity index (χ1) is 3.29. The molecule has 0 aromatic rings. The Bertz CT molecular complexity index is 135. The average Bonchev–Trinajstić information content (AvgIpc) is 1.87. The molecule has 0 bridgehead atoms. The smallest absolute Gasteiger partial charge is 0.147 e. The van der Waals surface area contributed by atoms with Crippen molar-refractivity contribution in [3.8, 4) is 0 Å². The van der Waals surface area contributed by atoms with Gasteiger partial charge < -0.3 is 0 Å². The van der Waals surface area contributed by atoms with E-state index in [0.717, 1.165) is 0 Å². The molecule has 0 aromatic heterocycles. The summed E-state index contributed by atoms with van der Waals surface area (Å²) in [6.45, 7) is 2.14. The summed E-state index contributed by atoms with van der Waals surface area (Å²) >= 11 is 2.16. The molecule has 0 saturated carbocycles. The summed E-state index contributed by atoms with van der Waals surface area (Å²) < 4.78 is 1.48. The van der Waals surface area contributed by atoms with Crippen LogP contribution in [0.15, 0.2) is 21.6 Å². The van der Waals surface area contributed by atoms with Crippen LogP contribution in [0.25, 0.3) is 0 Å². The molecule has 8 heavy (non-hydrogen) atoms. The minimum Gasteiger partial charge on any atom is -0.147 e. The molecule has 0 spiro atoms. The zero-order valence-corrected chi connectivity index (χ0v) is 7.15. The minimum atomic E-state index is 0. The van der Waals surface area contributed by atoms with E-state index in [1.165, 1.54) is 15.9 Å². The van der Waals surface area contributed by atoms with Crippen LogP contribution < -0.4 is 0 Å². The summed E-state index contributed by atoms with van der Waals surface area (Å²) in [5, 5.41) is 0. The van der Waals surface area contributed by atoms with Crippen molar-refractivity contribution in [3.05, 3.63) is 21.6 Å². The SMILES string of the molecule is CC1=CC[C]([Ti])=C1.Cl. The van der Waals surface area contributed by atoms with E-state index >= 15 is 0 Å². The number of allylic oxidation sites excluding steroid dienone is 4. The molecule has 0 unspecified atom stereocenters. The molecule has 0 saturated heterocycles. The van der Waals surface area contributed by atoms with Crippen LogP contribution in [0.5, 0.6) is 0 Å². The zero-order chi connectivity index (χ0) is 5.28. The summed E-state index contributed by atoms with van der Waals surface area (Å²) in [5.41, 5.74) is 1.41. The third kappa shape index (κ3) is 2.17. The van der Waals surface area contributed by atoms with Crippen molar-refractivity contribution in [2.24, 2.45) is 0 Å². The Morgan fingerprint density at radius 3 is 2.38 bits per heavy atom. The second-order valence-electron chi connectivity index (χ2n) is 1.82. The molecular formula is C6H8ClTi. The van der Waals surface area contributed by atoms with Gasteiger partial charge >= 0.3 is 55.4 Å². The van der Waals surface area contributed by atoms with Crippen molar-refractivity contribution in [3.63, 3.8) is 0 Å². The molecule has 0 amide bonds. The number of halogens is 1. The van der Waals surface area contributed by atoms with Crippen LogP contribution in [0.3, 0.4) is 0 Å². The molecule has 0 aliphatic heterocycles. The first kappa shape index (κ1) is 8.48. The zero-order valence-electron chi connectivity index (χ0n) is 4.77. The predicted molar refractivity (Wildman–Crippen MR) is 33.7 cm³/mol. The fourth-order valence-electron chi connectivity index (χ4n) is 0.664. The molecule has 1 aliphatic carbocycles. The van der Waals surface area contributed by atoms with E-state index in [9.17, 15) is 0 Å². The third-order valence-electron chi connectivity index (χ3n) is 1.05. The van der Waals surface area contributed by atoms with Gasteiger partial charge in [0.25, 0.3) is 0 Å². The van der Waals surface area contributed by atoms with Crippen LogP contribution in [0, 0.1) is 0 Å². The number of rotatable bonds is 0. The predicted octanol–water partition coefficient (Wildman–Crippen LogP) is 2.19. The summed E-state index contributed by atoms with van der Waals surface area (Å²) in [7, 11) is 0. The first-order valence-corrected chi connectivity index (χ1v) is 3.16. The standard InChI is InChI=1S/C6H7.ClH.Ti/c1-6-4-2-3-5-6;;/h4-5H,2H2,1H3;1H;. The van der Waals surface area contributed by atoms with Gasteiger partial charge in [-0.2, -0.15) is 0 Å². The van der Waals surface area contributed by atoms with E-state index in [4.69, 9.17) is 0 Å². The van der Waals surface area contributed by atoms with Crippen LogP contribution in [0.1, 0.15) is 13.3 Å². The fourth-order valence-corrected chi connectivity index (χ4v) is 1.18. The number of hydrogen-bond acceptors (Lipinski definition) is 0. The van der Waals surface area contributed by atoms with Gasteiger partial charge in [-0.3, -0.25) is 0 Å². The molecule has 1 aliphatic rings. The minimum absolute atomic E-state index is 0. The van der Waals surface area contributed by atoms with Crippen LogP contribution in [-0.4, -0.2) is 0 Å². The first-order valence-electron chi connectivity index (χ1n) is 2.38. The Balaban J connectivity index is 0.000000490. The Morgan fingerprint density at radius 2 is 2.25 bits per heavy atom. The van der Waals surface area contributed by atoms with Gasteiger partial charge in [-0.05, 0) is 0 Å². The molecule has 43 valence electrons. The molecule has 2 heteroatoms. The summed E-state index contributed by atoms with van der Waals surface area (Å²) in [6, 6.07) is 0. The van der Waals surface area contributed by atoms with Gasteiger partial charge in [0.1, 0.15) is 0 Å². The molecule has 0 radical (unpaired) electrons. The molecule has 0 heterocycles. The Kier molecular flexibility index (Phi) is 3.71. The van der Waals surface area contributed by atoms with Gasteiger partial charge in [0, 0.05) is 0 Å². The van der Waals surface area contributed by atoms with Gasteiger partial charge in [-0.15, -0.1) is 12.4 Å². The van der Waals surface area contributed by atoms with Gasteiger partial charge in [-0.1, -0.05) is 0 Å². The van der Waals surface area contributed by atoms with Gasteiger partial charge in [0.15, 0.2) is 0 Å². The Morgan fingerprint density at radius 1 is 1.62 bits per heavy atom. The summed E-state index contributed by atoms with van der Waals surface area (Å²) in [6.07, 6.45) is 5.64. The Hall–Kier alpha value is 0.484. The summed E-state index contributed by atoms with van der Waals surface area (Å²) in [4.78, 5) is 0. The molecule has 0 aromatic carbocycles. The van der Waals surface area contributed by atoms with E-state index in [0.29, 0.717) is 0 Å². The van der Waals surface area contributed by atoms with E-state index in [2.05, 4.69) is 39.5 Å². The van der Waals surface area contributed by atoms with Crippen LogP contribution >= 0.6 is 12.4 Å². The second-order valence-corrected chi connectivity index (χ2v) is 2.82. The molecular weight excluding hydrogens is 155 g/mol. The Labute approximate surface area is 67.9 Å². The maximum atomic E-state index is 2.25. The maximum absolute atomic E-state index is 2.25. The van der Waals surface area contributed by atoms with Crippen LogP contribution in [0.4, 0.5) is 0 Å². The van der Waals surface area contributed by atoms with E-state index in [-0.39, 0.29) is 12.4 Å². The van der Waals surface area contributed by atoms with Crippen molar-refractivity contribution < 1.29 is 20.4 Å². The molecule has 0 N–H and O–H groups in total. The fraction of sp³-hybridized carbons (Fsp3) is 0.333. The molecule has 1 rings (SSSR count). The number of hydrogen-bond donors (Lipinski definition) is 0. The van der Waals surface area contributed by atoms with E-state index in [1.807, 2.05) is 0 Å². The molecule has 0 nitrogen and oxygen atoms in total. The average molecular weight is 163 g/mol. The van der Waals surface area contributed by atoms with Crippen LogP contribution in [-0.2, 0) is 20.4 Å². The van der Waals surface area contributed by atoms with Crippen molar-refractivity contribution in [1.82, 2.24) is 0 Å².